The van der Waals surface area contributed by atoms with E-state index < -0.39 is 5.25 Å². The van der Waals surface area contributed by atoms with Gasteiger partial charge in [0.2, 0.25) is 11.8 Å². The quantitative estimate of drug-likeness (QED) is 0.387. The zero-order valence-electron chi connectivity index (χ0n) is 18.2. The first kappa shape index (κ1) is 24.3. The van der Waals surface area contributed by atoms with E-state index in [1.165, 1.54) is 11.8 Å². The third-order valence-corrected chi connectivity index (χ3v) is 7.21. The highest BCUT2D eigenvalue weighted by Gasteiger charge is 2.36. The predicted octanol–water partition coefficient (Wildman–Crippen LogP) is 6.27. The minimum absolute atomic E-state index is 0.0547. The smallest absolute Gasteiger partial charge is 0.238 e. The molecule has 1 fully saturated rings. The van der Waals surface area contributed by atoms with Crippen LogP contribution in [-0.2, 0) is 16.1 Å². The van der Waals surface area contributed by atoms with E-state index in [1.807, 2.05) is 30.3 Å². The molecule has 1 N–H and O–H groups in total. The van der Waals surface area contributed by atoms with E-state index in [9.17, 15) is 9.59 Å². The molecule has 0 aromatic heterocycles. The maximum atomic E-state index is 13.2. The van der Waals surface area contributed by atoms with Crippen molar-refractivity contribution in [1.29, 1.82) is 0 Å². The van der Waals surface area contributed by atoms with Gasteiger partial charge in [-0.2, -0.15) is 0 Å². The fourth-order valence-corrected chi connectivity index (χ4v) is 4.87. The number of rotatable bonds is 6. The molecule has 0 saturated carbocycles. The van der Waals surface area contributed by atoms with Crippen LogP contribution >= 0.6 is 39.3 Å². The maximum Gasteiger partial charge on any atom is 0.238 e. The Morgan fingerprint density at radius 2 is 1.85 bits per heavy atom. The SMILES string of the molecule is COc1ccc(N=C2SC(C(=O)Nc3ccc(Br)cc3)CC(=O)N2Cc2ccccc2Cl)cc1. The highest BCUT2D eigenvalue weighted by molar-refractivity contribution is 9.10. The van der Waals surface area contributed by atoms with E-state index in [4.69, 9.17) is 21.3 Å². The number of carbonyl (C=O) groups is 2. The Bertz CT molecular complexity index is 1220. The number of halogens is 2. The molecule has 0 radical (unpaired) electrons. The molecule has 174 valence electrons. The third kappa shape index (κ3) is 6.00. The van der Waals surface area contributed by atoms with Crippen molar-refractivity contribution >= 4 is 67.6 Å². The second-order valence-corrected chi connectivity index (χ2v) is 9.96. The standard InChI is InChI=1S/C25H21BrClN3O3S/c1-33-20-12-10-19(11-13-20)29-25-30(15-16-4-2-3-5-21(16)27)23(31)14-22(34-25)24(32)28-18-8-6-17(26)7-9-18/h2-13,22H,14-15H2,1H3,(H,28,32). The van der Waals surface area contributed by atoms with E-state index in [0.29, 0.717) is 27.3 Å². The number of carbonyl (C=O) groups excluding carboxylic acids is 2. The van der Waals surface area contributed by atoms with E-state index in [2.05, 4.69) is 21.2 Å². The zero-order chi connectivity index (χ0) is 24.1. The van der Waals surface area contributed by atoms with Gasteiger partial charge >= 0.3 is 0 Å². The number of hydrogen-bond acceptors (Lipinski definition) is 5. The first-order valence-corrected chi connectivity index (χ1v) is 12.5. The summed E-state index contributed by atoms with van der Waals surface area (Å²) in [4.78, 5) is 32.5. The van der Waals surface area contributed by atoms with Crippen molar-refractivity contribution in [2.24, 2.45) is 4.99 Å². The van der Waals surface area contributed by atoms with E-state index >= 15 is 0 Å². The first-order valence-electron chi connectivity index (χ1n) is 10.4. The van der Waals surface area contributed by atoms with Crippen LogP contribution in [0.5, 0.6) is 5.75 Å². The molecule has 2 amide bonds. The Hall–Kier alpha value is -2.81. The fourth-order valence-electron chi connectivity index (χ4n) is 3.32. The van der Waals surface area contributed by atoms with Gasteiger partial charge in [-0.1, -0.05) is 57.5 Å². The minimum atomic E-state index is -0.615. The van der Waals surface area contributed by atoms with Crippen LogP contribution in [0, 0.1) is 0 Å². The Morgan fingerprint density at radius 3 is 2.53 bits per heavy atom. The molecule has 6 nitrogen and oxygen atoms in total. The molecule has 3 aromatic rings. The van der Waals surface area contributed by atoms with E-state index in [0.717, 1.165) is 10.0 Å². The van der Waals surface area contributed by atoms with Gasteiger partial charge in [0.1, 0.15) is 11.0 Å². The molecular weight excluding hydrogens is 538 g/mol. The van der Waals surface area contributed by atoms with E-state index in [1.54, 1.807) is 54.5 Å². The summed E-state index contributed by atoms with van der Waals surface area (Å²) in [5.41, 5.74) is 2.11. The Balaban J connectivity index is 1.61. The van der Waals surface area contributed by atoms with Gasteiger partial charge < -0.3 is 10.1 Å². The molecule has 0 aliphatic carbocycles. The van der Waals surface area contributed by atoms with Crippen LogP contribution in [0.2, 0.25) is 5.02 Å². The van der Waals surface area contributed by atoms with Crippen LogP contribution in [-0.4, -0.2) is 34.2 Å². The number of methoxy groups -OCH3 is 1. The van der Waals surface area contributed by atoms with Crippen LogP contribution in [0.1, 0.15) is 12.0 Å². The molecule has 1 aliphatic rings. The zero-order valence-corrected chi connectivity index (χ0v) is 21.4. The molecule has 0 bridgehead atoms. The van der Waals surface area contributed by atoms with Crippen molar-refractivity contribution in [3.8, 4) is 5.75 Å². The van der Waals surface area contributed by atoms with Crippen molar-refractivity contribution in [2.75, 3.05) is 12.4 Å². The average Bonchev–Trinajstić information content (AvgIpc) is 2.84. The highest BCUT2D eigenvalue weighted by Crippen LogP contribution is 2.32. The fraction of sp³-hybridized carbons (Fsp3) is 0.160. The lowest BCUT2D eigenvalue weighted by atomic mass is 10.2. The molecule has 1 heterocycles. The number of nitrogens with zero attached hydrogens (tertiary/aromatic N) is 2. The molecule has 4 rings (SSSR count). The number of amides is 2. The molecule has 0 spiro atoms. The van der Waals surface area contributed by atoms with Crippen molar-refractivity contribution in [3.05, 3.63) is 87.9 Å². The summed E-state index contributed by atoms with van der Waals surface area (Å²) < 4.78 is 6.13. The Labute approximate surface area is 215 Å². The predicted molar refractivity (Wildman–Crippen MR) is 141 cm³/mol. The monoisotopic (exact) mass is 557 g/mol. The maximum absolute atomic E-state index is 13.2. The van der Waals surface area contributed by atoms with Crippen molar-refractivity contribution in [3.63, 3.8) is 0 Å². The number of ether oxygens (including phenoxy) is 1. The van der Waals surface area contributed by atoms with Crippen molar-refractivity contribution in [2.45, 2.75) is 18.2 Å². The molecule has 1 aliphatic heterocycles. The number of benzene rings is 3. The molecule has 1 unspecified atom stereocenters. The minimum Gasteiger partial charge on any atom is -0.497 e. The topological polar surface area (TPSA) is 71.0 Å². The van der Waals surface area contributed by atoms with Crippen LogP contribution in [0.4, 0.5) is 11.4 Å². The largest absolute Gasteiger partial charge is 0.497 e. The second kappa shape index (κ2) is 11.1. The van der Waals surface area contributed by atoms with Crippen molar-refractivity contribution in [1.82, 2.24) is 4.90 Å². The average molecular weight is 559 g/mol. The Morgan fingerprint density at radius 1 is 1.15 bits per heavy atom. The van der Waals surface area contributed by atoms with Gasteiger partial charge in [-0.3, -0.25) is 14.5 Å². The van der Waals surface area contributed by atoms with Gasteiger partial charge in [0.05, 0.1) is 19.3 Å². The van der Waals surface area contributed by atoms with Gasteiger partial charge in [0.15, 0.2) is 5.17 Å². The first-order chi connectivity index (χ1) is 16.4. The lowest BCUT2D eigenvalue weighted by Gasteiger charge is -2.32. The second-order valence-electron chi connectivity index (χ2n) is 7.47. The third-order valence-electron chi connectivity index (χ3n) is 5.13. The lowest BCUT2D eigenvalue weighted by molar-refractivity contribution is -0.129. The number of thioether (sulfide) groups is 1. The van der Waals surface area contributed by atoms with Crippen LogP contribution in [0.3, 0.4) is 0 Å². The van der Waals surface area contributed by atoms with Crippen LogP contribution < -0.4 is 10.1 Å². The van der Waals surface area contributed by atoms with Gasteiger partial charge in [-0.25, -0.2) is 4.99 Å². The molecular formula is C25H21BrClN3O3S. The summed E-state index contributed by atoms with van der Waals surface area (Å²) in [6.45, 7) is 0.265. The number of nitrogens with one attached hydrogen (secondary N) is 1. The van der Waals surface area contributed by atoms with Crippen LogP contribution in [0.25, 0.3) is 0 Å². The number of aliphatic imine (C=N–C) groups is 1. The molecule has 3 aromatic carbocycles. The van der Waals surface area contributed by atoms with Gasteiger partial charge in [0, 0.05) is 21.6 Å². The molecule has 9 heteroatoms. The summed E-state index contributed by atoms with van der Waals surface area (Å²) >= 11 is 11.0. The number of hydrogen-bond donors (Lipinski definition) is 1. The lowest BCUT2D eigenvalue weighted by Crippen LogP contribution is -2.44. The normalized spacial score (nSPS) is 17.0. The molecule has 34 heavy (non-hydrogen) atoms. The Kier molecular flexibility index (Phi) is 7.92. The highest BCUT2D eigenvalue weighted by atomic mass is 79.9. The van der Waals surface area contributed by atoms with Crippen molar-refractivity contribution < 1.29 is 14.3 Å². The number of anilines is 1. The summed E-state index contributed by atoms with van der Waals surface area (Å²) in [6, 6.07) is 21.9. The summed E-state index contributed by atoms with van der Waals surface area (Å²) in [7, 11) is 1.59. The molecule has 1 saturated heterocycles. The molecule has 1 atom stereocenters. The van der Waals surface area contributed by atoms with Crippen LogP contribution in [0.15, 0.2) is 82.3 Å². The van der Waals surface area contributed by atoms with Gasteiger partial charge in [-0.05, 0) is 60.2 Å². The van der Waals surface area contributed by atoms with Gasteiger partial charge in [-0.15, -0.1) is 0 Å². The number of amidine groups is 1. The summed E-state index contributed by atoms with van der Waals surface area (Å²) in [5, 5.41) is 3.28. The summed E-state index contributed by atoms with van der Waals surface area (Å²) in [5.74, 6) is 0.262. The van der Waals surface area contributed by atoms with E-state index in [-0.39, 0.29) is 24.8 Å². The van der Waals surface area contributed by atoms with Gasteiger partial charge in [0.25, 0.3) is 0 Å². The summed E-state index contributed by atoms with van der Waals surface area (Å²) in [6.07, 6.45) is 0.0547.